The summed E-state index contributed by atoms with van der Waals surface area (Å²) in [6, 6.07) is 0. The van der Waals surface area contributed by atoms with Gasteiger partial charge in [-0.2, -0.15) is 0 Å². The zero-order valence-electron chi connectivity index (χ0n) is 10.1. The number of hydrogen-bond donors (Lipinski definition) is 1. The van der Waals surface area contributed by atoms with Crippen LogP contribution >= 0.6 is 0 Å². The summed E-state index contributed by atoms with van der Waals surface area (Å²) in [5.74, 6) is 1.47. The van der Waals surface area contributed by atoms with E-state index in [4.69, 9.17) is 4.74 Å². The van der Waals surface area contributed by atoms with Crippen LogP contribution in [-0.4, -0.2) is 29.7 Å². The summed E-state index contributed by atoms with van der Waals surface area (Å²) in [6.45, 7) is 3.02. The van der Waals surface area contributed by atoms with Gasteiger partial charge in [0.25, 0.3) is 0 Å². The summed E-state index contributed by atoms with van der Waals surface area (Å²) in [5.41, 5.74) is 2.44. The van der Waals surface area contributed by atoms with Gasteiger partial charge in [0, 0.05) is 18.0 Å². The van der Waals surface area contributed by atoms with Crippen LogP contribution in [0.1, 0.15) is 30.5 Å². The van der Waals surface area contributed by atoms with Crippen LogP contribution in [0.25, 0.3) is 0 Å². The van der Waals surface area contributed by atoms with E-state index in [2.05, 4.69) is 15.3 Å². The van der Waals surface area contributed by atoms with Crippen LogP contribution in [0.5, 0.6) is 5.88 Å². The molecule has 1 N–H and O–H groups in total. The Hall–Kier alpha value is -1.16. The molecule has 2 heterocycles. The maximum absolute atomic E-state index is 5.90. The summed E-state index contributed by atoms with van der Waals surface area (Å²) in [7, 11) is 0. The minimum absolute atomic E-state index is 0.635. The van der Waals surface area contributed by atoms with Crippen molar-refractivity contribution >= 4 is 0 Å². The van der Waals surface area contributed by atoms with Crippen molar-refractivity contribution < 1.29 is 4.74 Å². The van der Waals surface area contributed by atoms with E-state index in [9.17, 15) is 0 Å². The van der Waals surface area contributed by atoms with E-state index < -0.39 is 0 Å². The van der Waals surface area contributed by atoms with E-state index in [1.54, 1.807) is 6.33 Å². The van der Waals surface area contributed by atoms with Gasteiger partial charge in [-0.15, -0.1) is 0 Å². The summed E-state index contributed by atoms with van der Waals surface area (Å²) < 4.78 is 5.90. The largest absolute Gasteiger partial charge is 0.477 e. The Morgan fingerprint density at radius 2 is 2.29 bits per heavy atom. The van der Waals surface area contributed by atoms with Gasteiger partial charge in [-0.05, 0) is 38.6 Å². The van der Waals surface area contributed by atoms with E-state index in [-0.39, 0.29) is 0 Å². The molecule has 1 aliphatic carbocycles. The van der Waals surface area contributed by atoms with Crippen molar-refractivity contribution in [1.29, 1.82) is 0 Å². The van der Waals surface area contributed by atoms with Gasteiger partial charge in [0.05, 0.1) is 12.3 Å². The Kier molecular flexibility index (Phi) is 3.22. The summed E-state index contributed by atoms with van der Waals surface area (Å²) >= 11 is 0. The maximum Gasteiger partial charge on any atom is 0.219 e. The molecule has 2 aliphatic rings. The van der Waals surface area contributed by atoms with Crippen LogP contribution in [0, 0.1) is 5.92 Å². The van der Waals surface area contributed by atoms with E-state index >= 15 is 0 Å². The molecule has 1 saturated heterocycles. The molecule has 0 bridgehead atoms. The molecule has 0 aromatic carbocycles. The van der Waals surface area contributed by atoms with Crippen LogP contribution in [0.15, 0.2) is 6.33 Å². The molecule has 1 atom stereocenters. The highest BCUT2D eigenvalue weighted by molar-refractivity contribution is 5.33. The van der Waals surface area contributed by atoms with Gasteiger partial charge in [-0.1, -0.05) is 0 Å². The highest BCUT2D eigenvalue weighted by Crippen LogP contribution is 2.27. The third kappa shape index (κ3) is 2.41. The second kappa shape index (κ2) is 5.00. The fourth-order valence-corrected chi connectivity index (χ4v) is 2.72. The van der Waals surface area contributed by atoms with Gasteiger partial charge in [0.1, 0.15) is 6.33 Å². The number of rotatable bonds is 3. The lowest BCUT2D eigenvalue weighted by Crippen LogP contribution is -2.33. The quantitative estimate of drug-likeness (QED) is 0.856. The number of piperidine rings is 1. The second-order valence-corrected chi connectivity index (χ2v) is 4.98. The number of hydrogen-bond acceptors (Lipinski definition) is 4. The van der Waals surface area contributed by atoms with Gasteiger partial charge < -0.3 is 10.1 Å². The molecule has 0 spiro atoms. The topological polar surface area (TPSA) is 47.0 Å². The summed E-state index contributed by atoms with van der Waals surface area (Å²) in [6.07, 6.45) is 7.51. The molecule has 4 heteroatoms. The molecule has 0 radical (unpaired) electrons. The average molecular weight is 233 g/mol. The van der Waals surface area contributed by atoms with Crippen molar-refractivity contribution in [3.05, 3.63) is 17.6 Å². The van der Waals surface area contributed by atoms with Crippen LogP contribution < -0.4 is 10.1 Å². The lowest BCUT2D eigenvalue weighted by atomic mass is 10.0. The molecular formula is C13H19N3O. The smallest absolute Gasteiger partial charge is 0.219 e. The van der Waals surface area contributed by atoms with Crippen molar-refractivity contribution in [2.24, 2.45) is 5.92 Å². The number of ether oxygens (including phenoxy) is 1. The Morgan fingerprint density at radius 1 is 1.29 bits per heavy atom. The highest BCUT2D eigenvalue weighted by Gasteiger charge is 2.19. The first-order valence-corrected chi connectivity index (χ1v) is 6.60. The second-order valence-electron chi connectivity index (χ2n) is 4.98. The monoisotopic (exact) mass is 233 g/mol. The predicted molar refractivity (Wildman–Crippen MR) is 65.1 cm³/mol. The normalized spacial score (nSPS) is 23.4. The minimum Gasteiger partial charge on any atom is -0.477 e. The maximum atomic E-state index is 5.90. The highest BCUT2D eigenvalue weighted by atomic mass is 16.5. The minimum atomic E-state index is 0.635. The number of aromatic nitrogens is 2. The molecule has 1 aromatic rings. The number of nitrogens with zero attached hydrogens (tertiary/aromatic N) is 2. The van der Waals surface area contributed by atoms with Crippen LogP contribution in [0.4, 0.5) is 0 Å². The van der Waals surface area contributed by atoms with Gasteiger partial charge in [-0.3, -0.25) is 0 Å². The van der Waals surface area contributed by atoms with Crippen molar-refractivity contribution in [3.8, 4) is 5.88 Å². The molecule has 0 amide bonds. The van der Waals surface area contributed by atoms with E-state index in [1.807, 2.05) is 0 Å². The first-order valence-electron chi connectivity index (χ1n) is 6.60. The Morgan fingerprint density at radius 3 is 3.18 bits per heavy atom. The molecule has 4 nitrogen and oxygen atoms in total. The predicted octanol–water partition coefficient (Wildman–Crippen LogP) is 1.34. The first kappa shape index (κ1) is 11.0. The summed E-state index contributed by atoms with van der Waals surface area (Å²) in [5, 5.41) is 3.41. The summed E-state index contributed by atoms with van der Waals surface area (Å²) in [4.78, 5) is 8.59. The van der Waals surface area contributed by atoms with E-state index in [1.165, 1.54) is 30.5 Å². The van der Waals surface area contributed by atoms with Gasteiger partial charge in [0.2, 0.25) is 5.88 Å². The van der Waals surface area contributed by atoms with Crippen LogP contribution in [0.3, 0.4) is 0 Å². The van der Waals surface area contributed by atoms with Crippen LogP contribution in [0.2, 0.25) is 0 Å². The Bertz CT molecular complexity index is 388. The molecule has 17 heavy (non-hydrogen) atoms. The van der Waals surface area contributed by atoms with Crippen molar-refractivity contribution in [2.75, 3.05) is 19.7 Å². The molecule has 3 rings (SSSR count). The molecule has 0 saturated carbocycles. The van der Waals surface area contributed by atoms with Gasteiger partial charge >= 0.3 is 0 Å². The lowest BCUT2D eigenvalue weighted by molar-refractivity contribution is 0.210. The number of fused-ring (bicyclic) bond motifs is 1. The fourth-order valence-electron chi connectivity index (χ4n) is 2.72. The zero-order chi connectivity index (χ0) is 11.5. The van der Waals surface area contributed by atoms with E-state index in [0.29, 0.717) is 5.92 Å². The van der Waals surface area contributed by atoms with Crippen molar-refractivity contribution in [1.82, 2.24) is 15.3 Å². The Labute approximate surface area is 102 Å². The fraction of sp³-hybridized carbons (Fsp3) is 0.692. The third-order valence-electron chi connectivity index (χ3n) is 3.69. The molecule has 1 unspecified atom stereocenters. The standard InChI is InChI=1S/C13H19N3O/c1-4-11-12(5-1)15-9-16-13(11)17-8-10-3-2-6-14-7-10/h9-10,14H,1-8H2. The molecule has 1 aromatic heterocycles. The number of aryl methyl sites for hydroxylation is 1. The molecule has 1 aliphatic heterocycles. The Balaban J connectivity index is 1.63. The van der Waals surface area contributed by atoms with Gasteiger partial charge in [0.15, 0.2) is 0 Å². The van der Waals surface area contributed by atoms with Crippen molar-refractivity contribution in [3.63, 3.8) is 0 Å². The first-order chi connectivity index (χ1) is 8.43. The van der Waals surface area contributed by atoms with Crippen molar-refractivity contribution in [2.45, 2.75) is 32.1 Å². The van der Waals surface area contributed by atoms with Crippen LogP contribution in [-0.2, 0) is 12.8 Å². The lowest BCUT2D eigenvalue weighted by Gasteiger charge is -2.22. The molecule has 92 valence electrons. The SMILES string of the molecule is c1nc2c(c(OCC3CCCNC3)n1)CCC2. The zero-order valence-corrected chi connectivity index (χ0v) is 10.1. The molecule has 1 fully saturated rings. The molecular weight excluding hydrogens is 214 g/mol. The van der Waals surface area contributed by atoms with E-state index in [0.717, 1.165) is 38.4 Å². The third-order valence-corrected chi connectivity index (χ3v) is 3.69. The average Bonchev–Trinajstić information content (AvgIpc) is 2.86. The number of nitrogens with one attached hydrogen (secondary N) is 1. The van der Waals surface area contributed by atoms with Gasteiger partial charge in [-0.25, -0.2) is 9.97 Å².